The van der Waals surface area contributed by atoms with E-state index in [0.29, 0.717) is 25.0 Å². The van der Waals surface area contributed by atoms with Crippen molar-refractivity contribution in [3.8, 4) is 0 Å². The number of amides is 1. The summed E-state index contributed by atoms with van der Waals surface area (Å²) in [7, 11) is 0. The molecule has 2 aliphatic heterocycles. The van der Waals surface area contributed by atoms with Gasteiger partial charge in [0.25, 0.3) is 0 Å². The number of benzene rings is 1. The number of rotatable bonds is 5. The average molecular weight is 330 g/mol. The van der Waals surface area contributed by atoms with Gasteiger partial charge in [0.1, 0.15) is 0 Å². The topological polar surface area (TPSA) is 52.8 Å². The normalized spacial score (nSPS) is 26.0. The van der Waals surface area contributed by atoms with Crippen molar-refractivity contribution in [3.05, 3.63) is 35.9 Å². The maximum atomic E-state index is 12.6. The molecule has 1 amide bonds. The van der Waals surface area contributed by atoms with E-state index in [9.17, 15) is 4.79 Å². The van der Waals surface area contributed by atoms with E-state index >= 15 is 0 Å². The molecule has 1 aromatic carbocycles. The molecule has 24 heavy (non-hydrogen) atoms. The van der Waals surface area contributed by atoms with Crippen LogP contribution < -0.4 is 5.73 Å². The lowest BCUT2D eigenvalue weighted by Crippen LogP contribution is -2.50. The highest BCUT2D eigenvalue weighted by Crippen LogP contribution is 2.22. The van der Waals surface area contributed by atoms with E-state index in [-0.39, 0.29) is 5.91 Å². The maximum Gasteiger partial charge on any atom is 0.236 e. The zero-order valence-corrected chi connectivity index (χ0v) is 14.7. The van der Waals surface area contributed by atoms with Gasteiger partial charge in [-0.15, -0.1) is 0 Å². The van der Waals surface area contributed by atoms with E-state index in [1.165, 1.54) is 5.56 Å². The average Bonchev–Trinajstić information content (AvgIpc) is 2.99. The summed E-state index contributed by atoms with van der Waals surface area (Å²) in [5, 5.41) is 0. The Kier molecular flexibility index (Phi) is 5.87. The SMILES string of the molecule is CC1CC(CN)CN1C(=O)CN1CCN(Cc2ccccc2)CC1. The number of hydrogen-bond acceptors (Lipinski definition) is 4. The van der Waals surface area contributed by atoms with Gasteiger partial charge >= 0.3 is 0 Å². The third-order valence-corrected chi connectivity index (χ3v) is 5.39. The van der Waals surface area contributed by atoms with Crippen LogP contribution in [-0.4, -0.2) is 72.5 Å². The van der Waals surface area contributed by atoms with Crippen LogP contribution in [0.1, 0.15) is 18.9 Å². The molecule has 0 spiro atoms. The lowest BCUT2D eigenvalue weighted by Gasteiger charge is -2.35. The van der Waals surface area contributed by atoms with Crippen LogP contribution in [0.25, 0.3) is 0 Å². The van der Waals surface area contributed by atoms with E-state index in [1.54, 1.807) is 0 Å². The molecule has 0 aliphatic carbocycles. The summed E-state index contributed by atoms with van der Waals surface area (Å²) in [5.41, 5.74) is 7.13. The minimum Gasteiger partial charge on any atom is -0.339 e. The first-order valence-electron chi connectivity index (χ1n) is 9.14. The molecule has 0 saturated carbocycles. The van der Waals surface area contributed by atoms with Gasteiger partial charge in [0.2, 0.25) is 5.91 Å². The molecular weight excluding hydrogens is 300 g/mol. The molecule has 132 valence electrons. The molecule has 2 heterocycles. The Bertz CT molecular complexity index is 527. The van der Waals surface area contributed by atoms with Crippen molar-refractivity contribution >= 4 is 5.91 Å². The molecule has 0 radical (unpaired) electrons. The van der Waals surface area contributed by atoms with Gasteiger partial charge in [0.05, 0.1) is 6.54 Å². The van der Waals surface area contributed by atoms with E-state index < -0.39 is 0 Å². The molecular formula is C19H30N4O. The highest BCUT2D eigenvalue weighted by Gasteiger charge is 2.32. The number of hydrogen-bond donors (Lipinski definition) is 1. The Labute approximate surface area is 145 Å². The predicted octanol–water partition coefficient (Wildman–Crippen LogP) is 1.000. The van der Waals surface area contributed by atoms with Gasteiger partial charge in [-0.25, -0.2) is 0 Å². The van der Waals surface area contributed by atoms with Gasteiger partial charge < -0.3 is 10.6 Å². The second-order valence-corrected chi connectivity index (χ2v) is 7.27. The summed E-state index contributed by atoms with van der Waals surface area (Å²) < 4.78 is 0. The Morgan fingerprint density at radius 1 is 1.12 bits per heavy atom. The second kappa shape index (κ2) is 8.10. The third kappa shape index (κ3) is 4.35. The summed E-state index contributed by atoms with van der Waals surface area (Å²) in [4.78, 5) is 19.4. The van der Waals surface area contributed by atoms with Gasteiger partial charge in [0, 0.05) is 45.3 Å². The zero-order valence-electron chi connectivity index (χ0n) is 14.7. The molecule has 5 heteroatoms. The Morgan fingerprint density at radius 3 is 2.42 bits per heavy atom. The molecule has 2 atom stereocenters. The highest BCUT2D eigenvalue weighted by molar-refractivity contribution is 5.79. The molecule has 5 nitrogen and oxygen atoms in total. The van der Waals surface area contributed by atoms with Crippen LogP contribution in [0.15, 0.2) is 30.3 Å². The summed E-state index contributed by atoms with van der Waals surface area (Å²) in [6.45, 7) is 9.24. The molecule has 2 fully saturated rings. The summed E-state index contributed by atoms with van der Waals surface area (Å²) in [6, 6.07) is 10.9. The fraction of sp³-hybridized carbons (Fsp3) is 0.632. The van der Waals surface area contributed by atoms with Crippen LogP contribution in [0.2, 0.25) is 0 Å². The van der Waals surface area contributed by atoms with Crippen molar-refractivity contribution in [1.82, 2.24) is 14.7 Å². The number of piperazine rings is 1. The Morgan fingerprint density at radius 2 is 1.79 bits per heavy atom. The van der Waals surface area contributed by atoms with Gasteiger partial charge in [0.15, 0.2) is 0 Å². The molecule has 2 N–H and O–H groups in total. The van der Waals surface area contributed by atoms with Crippen molar-refractivity contribution < 1.29 is 4.79 Å². The predicted molar refractivity (Wildman–Crippen MR) is 96.5 cm³/mol. The molecule has 1 aromatic rings. The Balaban J connectivity index is 1.43. The summed E-state index contributed by atoms with van der Waals surface area (Å²) >= 11 is 0. The monoisotopic (exact) mass is 330 g/mol. The molecule has 3 rings (SSSR count). The van der Waals surface area contributed by atoms with E-state index in [2.05, 4.69) is 47.1 Å². The minimum atomic E-state index is 0.273. The van der Waals surface area contributed by atoms with E-state index in [0.717, 1.165) is 45.7 Å². The number of carbonyl (C=O) groups is 1. The molecule has 0 aromatic heterocycles. The molecule has 0 bridgehead atoms. The lowest BCUT2D eigenvalue weighted by molar-refractivity contribution is -0.133. The second-order valence-electron chi connectivity index (χ2n) is 7.27. The van der Waals surface area contributed by atoms with Crippen LogP contribution in [0.4, 0.5) is 0 Å². The van der Waals surface area contributed by atoms with E-state index in [1.807, 2.05) is 4.90 Å². The van der Waals surface area contributed by atoms with Gasteiger partial charge in [-0.1, -0.05) is 30.3 Å². The molecule has 2 aliphatic rings. The standard InChI is InChI=1S/C19H30N4O/c1-16-11-18(12-20)14-23(16)19(24)15-22-9-7-21(8-10-22)13-17-5-3-2-4-6-17/h2-6,16,18H,7-15,20H2,1H3. The first-order chi connectivity index (χ1) is 11.7. The minimum absolute atomic E-state index is 0.273. The van der Waals surface area contributed by atoms with Crippen LogP contribution in [0.5, 0.6) is 0 Å². The van der Waals surface area contributed by atoms with Crippen molar-refractivity contribution in [2.24, 2.45) is 11.7 Å². The van der Waals surface area contributed by atoms with Gasteiger partial charge in [-0.05, 0) is 31.4 Å². The number of nitrogens with zero attached hydrogens (tertiary/aromatic N) is 3. The van der Waals surface area contributed by atoms with Crippen LogP contribution in [0, 0.1) is 5.92 Å². The van der Waals surface area contributed by atoms with Crippen LogP contribution >= 0.6 is 0 Å². The fourth-order valence-corrected chi connectivity index (χ4v) is 3.89. The fourth-order valence-electron chi connectivity index (χ4n) is 3.89. The van der Waals surface area contributed by atoms with Crippen molar-refractivity contribution in [2.75, 3.05) is 45.8 Å². The number of carbonyl (C=O) groups excluding carboxylic acids is 1. The van der Waals surface area contributed by atoms with Gasteiger partial charge in [-0.3, -0.25) is 14.6 Å². The number of nitrogens with two attached hydrogens (primary N) is 1. The maximum absolute atomic E-state index is 12.6. The first kappa shape index (κ1) is 17.4. The quantitative estimate of drug-likeness (QED) is 0.875. The summed E-state index contributed by atoms with van der Waals surface area (Å²) in [6.07, 6.45) is 1.05. The highest BCUT2D eigenvalue weighted by atomic mass is 16.2. The van der Waals surface area contributed by atoms with Gasteiger partial charge in [-0.2, -0.15) is 0 Å². The smallest absolute Gasteiger partial charge is 0.236 e. The molecule has 2 saturated heterocycles. The summed E-state index contributed by atoms with van der Waals surface area (Å²) in [5.74, 6) is 0.752. The zero-order chi connectivity index (χ0) is 16.9. The Hall–Kier alpha value is -1.43. The van der Waals surface area contributed by atoms with Crippen molar-refractivity contribution in [3.63, 3.8) is 0 Å². The lowest BCUT2D eigenvalue weighted by atomic mass is 10.1. The van der Waals surface area contributed by atoms with Crippen LogP contribution in [0.3, 0.4) is 0 Å². The first-order valence-corrected chi connectivity index (χ1v) is 9.14. The van der Waals surface area contributed by atoms with E-state index in [4.69, 9.17) is 5.73 Å². The largest absolute Gasteiger partial charge is 0.339 e. The third-order valence-electron chi connectivity index (χ3n) is 5.39. The number of likely N-dealkylation sites (tertiary alicyclic amines) is 1. The van der Waals surface area contributed by atoms with Crippen LogP contribution in [-0.2, 0) is 11.3 Å². The van der Waals surface area contributed by atoms with Crippen molar-refractivity contribution in [2.45, 2.75) is 25.9 Å². The van der Waals surface area contributed by atoms with Crippen molar-refractivity contribution in [1.29, 1.82) is 0 Å². The molecule has 2 unspecified atom stereocenters.